The van der Waals surface area contributed by atoms with Crippen LogP contribution in [0.15, 0.2) is 48.5 Å². The Morgan fingerprint density at radius 3 is 2.35 bits per heavy atom. The second kappa shape index (κ2) is 6.61. The molecule has 0 saturated carbocycles. The van der Waals surface area contributed by atoms with Gasteiger partial charge in [0.05, 0.1) is 12.3 Å². The van der Waals surface area contributed by atoms with Crippen LogP contribution >= 0.6 is 0 Å². The lowest BCUT2D eigenvalue weighted by Crippen LogP contribution is -2.05. The number of rotatable bonds is 5. The maximum absolute atomic E-state index is 11.0. The molecule has 0 bridgehead atoms. The van der Waals surface area contributed by atoms with Gasteiger partial charge in [-0.2, -0.15) is 0 Å². The fourth-order valence-electron chi connectivity index (χ4n) is 1.85. The molecule has 20 heavy (non-hydrogen) atoms. The van der Waals surface area contributed by atoms with Gasteiger partial charge in [0.15, 0.2) is 0 Å². The second-order valence-electron chi connectivity index (χ2n) is 4.31. The van der Waals surface area contributed by atoms with Crippen LogP contribution < -0.4 is 15.4 Å². The van der Waals surface area contributed by atoms with Gasteiger partial charge in [0.1, 0.15) is 5.75 Å². The highest BCUT2D eigenvalue weighted by Crippen LogP contribution is 2.27. The van der Waals surface area contributed by atoms with E-state index in [9.17, 15) is 4.79 Å². The van der Waals surface area contributed by atoms with Crippen molar-refractivity contribution in [1.82, 2.24) is 0 Å². The smallest absolute Gasteiger partial charge is 0.221 e. The summed E-state index contributed by atoms with van der Waals surface area (Å²) in [7, 11) is 0. The highest BCUT2D eigenvalue weighted by Gasteiger charge is 2.03. The third kappa shape index (κ3) is 3.75. The van der Waals surface area contributed by atoms with Crippen molar-refractivity contribution in [2.45, 2.75) is 13.8 Å². The molecule has 2 aromatic carbocycles. The van der Waals surface area contributed by atoms with Crippen LogP contribution in [0.4, 0.5) is 17.1 Å². The molecule has 0 aromatic heterocycles. The van der Waals surface area contributed by atoms with Gasteiger partial charge in [0.25, 0.3) is 0 Å². The normalized spacial score (nSPS) is 9.90. The molecule has 2 rings (SSSR count). The molecular weight excluding hydrogens is 252 g/mol. The maximum atomic E-state index is 11.0. The topological polar surface area (TPSA) is 50.4 Å². The van der Waals surface area contributed by atoms with Crippen LogP contribution in [-0.2, 0) is 4.79 Å². The number of hydrogen-bond acceptors (Lipinski definition) is 3. The monoisotopic (exact) mass is 270 g/mol. The first kappa shape index (κ1) is 13.9. The molecule has 4 nitrogen and oxygen atoms in total. The van der Waals surface area contributed by atoms with E-state index in [1.165, 1.54) is 6.92 Å². The maximum Gasteiger partial charge on any atom is 0.221 e. The predicted molar refractivity (Wildman–Crippen MR) is 81.6 cm³/mol. The Morgan fingerprint density at radius 1 is 1.05 bits per heavy atom. The Labute approximate surface area is 118 Å². The molecule has 1 amide bonds. The van der Waals surface area contributed by atoms with Crippen molar-refractivity contribution in [1.29, 1.82) is 0 Å². The predicted octanol–water partition coefficient (Wildman–Crippen LogP) is 3.79. The Bertz CT molecular complexity index is 579. The van der Waals surface area contributed by atoms with Gasteiger partial charge in [-0.05, 0) is 43.3 Å². The fraction of sp³-hybridized carbons (Fsp3) is 0.188. The molecule has 104 valence electrons. The van der Waals surface area contributed by atoms with Crippen molar-refractivity contribution in [3.8, 4) is 5.75 Å². The quantitative estimate of drug-likeness (QED) is 0.869. The standard InChI is InChI=1S/C16H18N2O2/c1-3-20-16-7-5-4-6-15(16)18-14-10-8-13(9-11-14)17-12(2)19/h4-11,18H,3H2,1-2H3,(H,17,19). The molecule has 0 unspecified atom stereocenters. The minimum atomic E-state index is -0.0765. The van der Waals surface area contributed by atoms with Crippen LogP contribution in [0.3, 0.4) is 0 Å². The number of ether oxygens (including phenoxy) is 1. The summed E-state index contributed by atoms with van der Waals surface area (Å²) in [6, 6.07) is 15.3. The fourth-order valence-corrected chi connectivity index (χ4v) is 1.85. The Morgan fingerprint density at radius 2 is 1.70 bits per heavy atom. The Kier molecular flexibility index (Phi) is 4.60. The number of hydrogen-bond donors (Lipinski definition) is 2. The van der Waals surface area contributed by atoms with Gasteiger partial charge < -0.3 is 15.4 Å². The van der Waals surface area contributed by atoms with E-state index >= 15 is 0 Å². The lowest BCUT2D eigenvalue weighted by atomic mass is 10.2. The van der Waals surface area contributed by atoms with Crippen LogP contribution in [0.25, 0.3) is 0 Å². The van der Waals surface area contributed by atoms with Crippen molar-refractivity contribution in [3.05, 3.63) is 48.5 Å². The number of benzene rings is 2. The number of anilines is 3. The average Bonchev–Trinajstić information content (AvgIpc) is 2.43. The van der Waals surface area contributed by atoms with Crippen molar-refractivity contribution >= 4 is 23.0 Å². The number of carbonyl (C=O) groups excluding carboxylic acids is 1. The molecule has 0 atom stereocenters. The van der Waals surface area contributed by atoms with Gasteiger partial charge in [0.2, 0.25) is 5.91 Å². The summed E-state index contributed by atoms with van der Waals surface area (Å²) < 4.78 is 5.57. The molecule has 0 radical (unpaired) electrons. The first-order valence-corrected chi connectivity index (χ1v) is 6.55. The molecule has 0 fully saturated rings. The lowest BCUT2D eigenvalue weighted by Gasteiger charge is -2.12. The van der Waals surface area contributed by atoms with Crippen molar-refractivity contribution in [3.63, 3.8) is 0 Å². The molecule has 0 saturated heterocycles. The summed E-state index contributed by atoms with van der Waals surface area (Å²) in [5, 5.41) is 6.04. The number of carbonyl (C=O) groups is 1. The molecular formula is C16H18N2O2. The van der Waals surface area contributed by atoms with E-state index in [4.69, 9.17) is 4.74 Å². The Balaban J connectivity index is 2.12. The number of nitrogens with one attached hydrogen (secondary N) is 2. The lowest BCUT2D eigenvalue weighted by molar-refractivity contribution is -0.114. The van der Waals surface area contributed by atoms with E-state index in [0.29, 0.717) is 6.61 Å². The third-order valence-electron chi connectivity index (χ3n) is 2.67. The van der Waals surface area contributed by atoms with E-state index in [1.807, 2.05) is 55.5 Å². The minimum absolute atomic E-state index is 0.0765. The van der Waals surface area contributed by atoms with Crippen LogP contribution in [0, 0.1) is 0 Å². The summed E-state index contributed by atoms with van der Waals surface area (Å²) >= 11 is 0. The van der Waals surface area contributed by atoms with Gasteiger partial charge in [0, 0.05) is 18.3 Å². The minimum Gasteiger partial charge on any atom is -0.492 e. The van der Waals surface area contributed by atoms with Crippen LogP contribution in [-0.4, -0.2) is 12.5 Å². The van der Waals surface area contributed by atoms with Crippen LogP contribution in [0.5, 0.6) is 5.75 Å². The van der Waals surface area contributed by atoms with Gasteiger partial charge in [-0.25, -0.2) is 0 Å². The zero-order chi connectivity index (χ0) is 14.4. The summed E-state index contributed by atoms with van der Waals surface area (Å²) in [5.74, 6) is 0.744. The second-order valence-corrected chi connectivity index (χ2v) is 4.31. The van der Waals surface area contributed by atoms with Gasteiger partial charge in [-0.15, -0.1) is 0 Å². The van der Waals surface area contributed by atoms with Crippen LogP contribution in [0.2, 0.25) is 0 Å². The molecule has 0 aliphatic rings. The Hall–Kier alpha value is -2.49. The zero-order valence-corrected chi connectivity index (χ0v) is 11.6. The van der Waals surface area contributed by atoms with Gasteiger partial charge in [-0.1, -0.05) is 12.1 Å². The molecule has 0 aliphatic carbocycles. The highest BCUT2D eigenvalue weighted by molar-refractivity contribution is 5.88. The number of para-hydroxylation sites is 2. The number of amides is 1. The summed E-state index contributed by atoms with van der Waals surface area (Å²) in [6.45, 7) is 4.07. The average molecular weight is 270 g/mol. The van der Waals surface area contributed by atoms with Gasteiger partial charge in [-0.3, -0.25) is 4.79 Å². The van der Waals surface area contributed by atoms with Crippen molar-refractivity contribution < 1.29 is 9.53 Å². The largest absolute Gasteiger partial charge is 0.492 e. The van der Waals surface area contributed by atoms with E-state index in [1.54, 1.807) is 0 Å². The molecule has 2 N–H and O–H groups in total. The van der Waals surface area contributed by atoms with Crippen molar-refractivity contribution in [2.75, 3.05) is 17.2 Å². The van der Waals surface area contributed by atoms with E-state index in [0.717, 1.165) is 22.8 Å². The molecule has 0 aliphatic heterocycles. The highest BCUT2D eigenvalue weighted by atomic mass is 16.5. The molecule has 4 heteroatoms. The molecule has 2 aromatic rings. The van der Waals surface area contributed by atoms with Crippen LogP contribution in [0.1, 0.15) is 13.8 Å². The third-order valence-corrected chi connectivity index (χ3v) is 2.67. The zero-order valence-electron chi connectivity index (χ0n) is 11.6. The SMILES string of the molecule is CCOc1ccccc1Nc1ccc(NC(C)=O)cc1. The summed E-state index contributed by atoms with van der Waals surface area (Å²) in [5.41, 5.74) is 2.63. The molecule has 0 heterocycles. The van der Waals surface area contributed by atoms with Gasteiger partial charge >= 0.3 is 0 Å². The first-order valence-electron chi connectivity index (χ1n) is 6.55. The summed E-state index contributed by atoms with van der Waals surface area (Å²) in [4.78, 5) is 11.0. The van der Waals surface area contributed by atoms with Crippen molar-refractivity contribution in [2.24, 2.45) is 0 Å². The molecule has 0 spiro atoms. The first-order chi connectivity index (χ1) is 9.69. The van der Waals surface area contributed by atoms with E-state index < -0.39 is 0 Å². The van der Waals surface area contributed by atoms with E-state index in [2.05, 4.69) is 10.6 Å². The summed E-state index contributed by atoms with van der Waals surface area (Å²) in [6.07, 6.45) is 0. The van der Waals surface area contributed by atoms with E-state index in [-0.39, 0.29) is 5.91 Å².